The second-order valence-electron chi connectivity index (χ2n) is 4.10. The van der Waals surface area contributed by atoms with E-state index in [0.717, 1.165) is 22.3 Å². The van der Waals surface area contributed by atoms with Crippen LogP contribution in [0.2, 0.25) is 0 Å². The lowest BCUT2D eigenvalue weighted by atomic mass is 9.98. The number of amides is 1. The van der Waals surface area contributed by atoms with E-state index in [-0.39, 0.29) is 5.91 Å². The van der Waals surface area contributed by atoms with Crippen LogP contribution < -0.4 is 10.1 Å². The number of hydrogen-bond acceptors (Lipinski definition) is 3. The summed E-state index contributed by atoms with van der Waals surface area (Å²) >= 11 is 0. The lowest BCUT2D eigenvalue weighted by Crippen LogP contribution is -2.12. The van der Waals surface area contributed by atoms with E-state index in [4.69, 9.17) is 4.74 Å². The third-order valence-corrected chi connectivity index (χ3v) is 3.10. The van der Waals surface area contributed by atoms with E-state index in [0.29, 0.717) is 12.4 Å². The lowest BCUT2D eigenvalue weighted by molar-refractivity contribution is 0.0966. The Bertz CT molecular complexity index is 623. The van der Waals surface area contributed by atoms with Gasteiger partial charge in [-0.25, -0.2) is 4.98 Å². The molecule has 0 saturated heterocycles. The van der Waals surface area contributed by atoms with Crippen molar-refractivity contribution in [2.75, 3.05) is 7.11 Å². The molecule has 0 spiro atoms. The maximum absolute atomic E-state index is 11.6. The minimum Gasteiger partial charge on any atom is -0.481 e. The van der Waals surface area contributed by atoms with E-state index in [9.17, 15) is 4.79 Å². The number of pyridine rings is 1. The largest absolute Gasteiger partial charge is 0.481 e. The molecule has 0 unspecified atom stereocenters. The van der Waals surface area contributed by atoms with Crippen LogP contribution in [-0.4, -0.2) is 18.0 Å². The number of methoxy groups -OCH3 is 1. The van der Waals surface area contributed by atoms with Gasteiger partial charge in [-0.3, -0.25) is 4.79 Å². The second kappa shape index (κ2) is 4.14. The summed E-state index contributed by atoms with van der Waals surface area (Å²) in [5, 5.41) is 2.84. The summed E-state index contributed by atoms with van der Waals surface area (Å²) in [7, 11) is 1.59. The van der Waals surface area contributed by atoms with Crippen LogP contribution in [0.25, 0.3) is 11.1 Å². The molecule has 2 heterocycles. The van der Waals surface area contributed by atoms with Gasteiger partial charge in [0.1, 0.15) is 0 Å². The molecule has 0 saturated carbocycles. The fourth-order valence-electron chi connectivity index (χ4n) is 2.21. The molecule has 1 aliphatic rings. The first-order chi connectivity index (χ1) is 8.79. The van der Waals surface area contributed by atoms with E-state index in [1.807, 2.05) is 30.3 Å². The molecule has 0 fully saturated rings. The summed E-state index contributed by atoms with van der Waals surface area (Å²) in [5.74, 6) is 0.565. The quantitative estimate of drug-likeness (QED) is 0.873. The van der Waals surface area contributed by atoms with Gasteiger partial charge in [-0.05, 0) is 28.8 Å². The Balaban J connectivity index is 2.15. The number of carbonyl (C=O) groups is 1. The monoisotopic (exact) mass is 240 g/mol. The average molecular weight is 240 g/mol. The van der Waals surface area contributed by atoms with Gasteiger partial charge in [-0.2, -0.15) is 0 Å². The van der Waals surface area contributed by atoms with Crippen molar-refractivity contribution in [2.45, 2.75) is 6.54 Å². The third kappa shape index (κ3) is 1.62. The van der Waals surface area contributed by atoms with E-state index < -0.39 is 0 Å². The van der Waals surface area contributed by atoms with Crippen LogP contribution in [0.3, 0.4) is 0 Å². The predicted octanol–water partition coefficient (Wildman–Crippen LogP) is 2.00. The van der Waals surface area contributed by atoms with Crippen molar-refractivity contribution in [3.63, 3.8) is 0 Å². The molecule has 0 radical (unpaired) electrons. The Morgan fingerprint density at radius 2 is 2.11 bits per heavy atom. The van der Waals surface area contributed by atoms with Crippen LogP contribution in [0.5, 0.6) is 5.88 Å². The summed E-state index contributed by atoms with van der Waals surface area (Å²) in [6.07, 6.45) is 1.71. The van der Waals surface area contributed by atoms with Crippen molar-refractivity contribution in [1.29, 1.82) is 0 Å². The molecular weight excluding hydrogens is 228 g/mol. The zero-order valence-electron chi connectivity index (χ0n) is 9.93. The second-order valence-corrected chi connectivity index (χ2v) is 4.10. The fraction of sp³-hybridized carbons (Fsp3) is 0.143. The highest BCUT2D eigenvalue weighted by Gasteiger charge is 2.21. The number of rotatable bonds is 2. The molecule has 1 aliphatic heterocycles. The number of fused-ring (bicyclic) bond motifs is 1. The molecule has 3 rings (SSSR count). The maximum Gasteiger partial charge on any atom is 0.251 e. The first-order valence-corrected chi connectivity index (χ1v) is 5.70. The van der Waals surface area contributed by atoms with Crippen molar-refractivity contribution >= 4 is 5.91 Å². The van der Waals surface area contributed by atoms with E-state index >= 15 is 0 Å². The molecule has 1 N–H and O–H groups in total. The van der Waals surface area contributed by atoms with Gasteiger partial charge in [0.15, 0.2) is 0 Å². The molecule has 2 aromatic rings. The third-order valence-electron chi connectivity index (χ3n) is 3.10. The van der Waals surface area contributed by atoms with Crippen molar-refractivity contribution in [3.8, 4) is 17.0 Å². The summed E-state index contributed by atoms with van der Waals surface area (Å²) in [5.41, 5.74) is 3.85. The smallest absolute Gasteiger partial charge is 0.251 e. The number of nitrogens with one attached hydrogen (secondary N) is 1. The van der Waals surface area contributed by atoms with Gasteiger partial charge >= 0.3 is 0 Å². The van der Waals surface area contributed by atoms with Crippen molar-refractivity contribution in [1.82, 2.24) is 10.3 Å². The van der Waals surface area contributed by atoms with Gasteiger partial charge in [0.05, 0.1) is 7.11 Å². The minimum absolute atomic E-state index is 0.00660. The van der Waals surface area contributed by atoms with Crippen LogP contribution in [0.15, 0.2) is 36.5 Å². The van der Waals surface area contributed by atoms with Crippen LogP contribution >= 0.6 is 0 Å². The van der Waals surface area contributed by atoms with Crippen LogP contribution in [0.4, 0.5) is 0 Å². The number of ether oxygens (including phenoxy) is 1. The lowest BCUT2D eigenvalue weighted by Gasteiger charge is -2.08. The van der Waals surface area contributed by atoms with Crippen molar-refractivity contribution in [3.05, 3.63) is 47.7 Å². The Kier molecular flexibility index (Phi) is 2.48. The number of carbonyl (C=O) groups excluding carboxylic acids is 1. The molecule has 0 aliphatic carbocycles. The highest BCUT2D eigenvalue weighted by Crippen LogP contribution is 2.30. The highest BCUT2D eigenvalue weighted by atomic mass is 16.5. The summed E-state index contributed by atoms with van der Waals surface area (Å²) in [6, 6.07) is 9.54. The molecule has 1 aromatic carbocycles. The zero-order valence-corrected chi connectivity index (χ0v) is 9.93. The van der Waals surface area contributed by atoms with Crippen LogP contribution in [0, 0.1) is 0 Å². The Morgan fingerprint density at radius 3 is 2.94 bits per heavy atom. The molecule has 1 amide bonds. The summed E-state index contributed by atoms with van der Waals surface area (Å²) < 4.78 is 5.12. The zero-order chi connectivity index (χ0) is 12.5. The highest BCUT2D eigenvalue weighted by molar-refractivity contribution is 6.00. The van der Waals surface area contributed by atoms with Crippen LogP contribution in [-0.2, 0) is 6.54 Å². The Hall–Kier alpha value is -2.36. The average Bonchev–Trinajstić information content (AvgIpc) is 2.81. The van der Waals surface area contributed by atoms with Gasteiger partial charge in [-0.15, -0.1) is 0 Å². The fourth-order valence-corrected chi connectivity index (χ4v) is 2.21. The molecule has 4 heteroatoms. The number of nitrogens with zero attached hydrogens (tertiary/aromatic N) is 1. The van der Waals surface area contributed by atoms with Gasteiger partial charge in [0.2, 0.25) is 5.88 Å². The van der Waals surface area contributed by atoms with Gasteiger partial charge in [0.25, 0.3) is 5.91 Å². The van der Waals surface area contributed by atoms with Gasteiger partial charge in [-0.1, -0.05) is 12.1 Å². The normalized spacial score (nSPS) is 13.1. The van der Waals surface area contributed by atoms with Gasteiger partial charge < -0.3 is 10.1 Å². The first kappa shape index (κ1) is 10.8. The maximum atomic E-state index is 11.6. The number of benzene rings is 1. The number of aromatic nitrogens is 1. The van der Waals surface area contributed by atoms with Crippen molar-refractivity contribution in [2.24, 2.45) is 0 Å². The molecule has 0 atom stereocenters. The molecule has 1 aromatic heterocycles. The molecule has 90 valence electrons. The molecular formula is C14H12N2O2. The summed E-state index contributed by atoms with van der Waals surface area (Å²) in [4.78, 5) is 15.7. The Labute approximate surface area is 105 Å². The first-order valence-electron chi connectivity index (χ1n) is 5.70. The Morgan fingerprint density at radius 1 is 1.28 bits per heavy atom. The molecule has 18 heavy (non-hydrogen) atoms. The van der Waals surface area contributed by atoms with E-state index in [1.165, 1.54) is 0 Å². The number of hydrogen-bond donors (Lipinski definition) is 1. The standard InChI is InChI=1S/C14H12N2O2/c1-18-13-7-9(5-6-15-13)10-3-2-4-11-12(10)8-16-14(11)17/h2-7H,8H2,1H3,(H,16,17). The van der Waals surface area contributed by atoms with Crippen molar-refractivity contribution < 1.29 is 9.53 Å². The topological polar surface area (TPSA) is 51.2 Å². The SMILES string of the molecule is COc1cc(-c2cccc3c2CNC3=O)ccn1. The minimum atomic E-state index is -0.00660. The molecule has 0 bridgehead atoms. The summed E-state index contributed by atoms with van der Waals surface area (Å²) in [6.45, 7) is 0.578. The van der Waals surface area contributed by atoms with E-state index in [1.54, 1.807) is 13.3 Å². The van der Waals surface area contributed by atoms with E-state index in [2.05, 4.69) is 10.3 Å². The molecule has 4 nitrogen and oxygen atoms in total. The van der Waals surface area contributed by atoms with Gasteiger partial charge in [0, 0.05) is 24.4 Å². The van der Waals surface area contributed by atoms with Crippen LogP contribution in [0.1, 0.15) is 15.9 Å². The predicted molar refractivity (Wildman–Crippen MR) is 67.4 cm³/mol.